The first kappa shape index (κ1) is 15.8. The minimum absolute atomic E-state index is 0.0131. The number of nitrogens with zero attached hydrogens (tertiary/aromatic N) is 1. The minimum Gasteiger partial charge on any atom is -0.425 e. The number of rotatable bonds is 4. The van der Waals surface area contributed by atoms with E-state index in [1.54, 1.807) is 39.1 Å². The zero-order valence-electron chi connectivity index (χ0n) is 12.9. The average molecular weight is 300 g/mol. The predicted octanol–water partition coefficient (Wildman–Crippen LogP) is 1.65. The second-order valence-corrected chi connectivity index (χ2v) is 5.49. The molecule has 0 radical (unpaired) electrons. The molecule has 116 valence electrons. The Hall–Kier alpha value is -2.60. The molecule has 2 rings (SSSR count). The number of nitrogens with two attached hydrogens (primary N) is 2. The summed E-state index contributed by atoms with van der Waals surface area (Å²) in [6.07, 6.45) is 0. The van der Waals surface area contributed by atoms with Crippen molar-refractivity contribution in [2.75, 3.05) is 7.05 Å². The summed E-state index contributed by atoms with van der Waals surface area (Å²) < 4.78 is 5.40. The summed E-state index contributed by atoms with van der Waals surface area (Å²) in [5.41, 5.74) is 10.7. The van der Waals surface area contributed by atoms with E-state index in [4.69, 9.17) is 16.2 Å². The van der Waals surface area contributed by atoms with Crippen LogP contribution in [0.4, 0.5) is 5.69 Å². The molecule has 0 saturated heterocycles. The third-order valence-electron chi connectivity index (χ3n) is 3.40. The van der Waals surface area contributed by atoms with Crippen molar-refractivity contribution in [2.45, 2.75) is 19.4 Å². The molecule has 0 aliphatic rings. The first-order valence-electron chi connectivity index (χ1n) is 6.86. The molecule has 0 bridgehead atoms. The summed E-state index contributed by atoms with van der Waals surface area (Å²) in [4.78, 5) is 16.0. The Balaban J connectivity index is 2.28. The number of fused-ring (bicyclic) bond motifs is 1. The number of hydrogen-bond acceptors (Lipinski definition) is 4. The second kappa shape index (κ2) is 6.03. The Morgan fingerprint density at radius 3 is 2.41 bits per heavy atom. The predicted molar refractivity (Wildman–Crippen MR) is 88.2 cm³/mol. The van der Waals surface area contributed by atoms with Crippen LogP contribution in [0.2, 0.25) is 0 Å². The highest BCUT2D eigenvalue weighted by molar-refractivity contribution is 5.89. The van der Waals surface area contributed by atoms with Crippen molar-refractivity contribution in [3.63, 3.8) is 0 Å². The molecule has 0 amide bonds. The molecular weight excluding hydrogens is 280 g/mol. The number of hydrogen-bond donors (Lipinski definition) is 3. The zero-order valence-corrected chi connectivity index (χ0v) is 12.9. The number of guanidine groups is 1. The zero-order chi connectivity index (χ0) is 16.3. The van der Waals surface area contributed by atoms with Crippen molar-refractivity contribution in [2.24, 2.45) is 16.5 Å². The minimum atomic E-state index is -0.744. The standard InChI is InChI=1S/C16H20N4O2/c1-16(2,19-3)14(21)22-13-7-5-10-8-12(20-15(17)18)6-4-11(10)9-13/h4-9,19H,1-3H3,(H4,17,18,20). The molecule has 0 spiro atoms. The molecule has 2 aromatic carbocycles. The van der Waals surface area contributed by atoms with Crippen LogP contribution >= 0.6 is 0 Å². The van der Waals surface area contributed by atoms with Gasteiger partial charge in [0.05, 0.1) is 5.69 Å². The molecule has 2 aromatic rings. The fourth-order valence-electron chi connectivity index (χ4n) is 1.83. The number of esters is 1. The smallest absolute Gasteiger partial charge is 0.331 e. The van der Waals surface area contributed by atoms with Crippen LogP contribution in [0, 0.1) is 0 Å². The highest BCUT2D eigenvalue weighted by atomic mass is 16.5. The number of likely N-dealkylation sites (N-methyl/N-ethyl adjacent to an activating group) is 1. The maximum atomic E-state index is 12.0. The van der Waals surface area contributed by atoms with Crippen LogP contribution in [-0.4, -0.2) is 24.5 Å². The lowest BCUT2D eigenvalue weighted by Gasteiger charge is -2.21. The van der Waals surface area contributed by atoms with Crippen molar-refractivity contribution in [3.05, 3.63) is 36.4 Å². The number of nitrogens with one attached hydrogen (secondary N) is 1. The van der Waals surface area contributed by atoms with Crippen LogP contribution in [0.3, 0.4) is 0 Å². The van der Waals surface area contributed by atoms with Gasteiger partial charge in [-0.05, 0) is 55.9 Å². The van der Waals surface area contributed by atoms with Gasteiger partial charge in [-0.1, -0.05) is 12.1 Å². The highest BCUT2D eigenvalue weighted by Crippen LogP contribution is 2.25. The second-order valence-electron chi connectivity index (χ2n) is 5.49. The van der Waals surface area contributed by atoms with Crippen molar-refractivity contribution in [3.8, 4) is 5.75 Å². The van der Waals surface area contributed by atoms with E-state index in [2.05, 4.69) is 10.3 Å². The van der Waals surface area contributed by atoms with Crippen LogP contribution in [-0.2, 0) is 4.79 Å². The maximum absolute atomic E-state index is 12.0. The fraction of sp³-hybridized carbons (Fsp3) is 0.250. The molecule has 0 aliphatic heterocycles. The largest absolute Gasteiger partial charge is 0.425 e. The van der Waals surface area contributed by atoms with Crippen molar-refractivity contribution < 1.29 is 9.53 Å². The lowest BCUT2D eigenvalue weighted by atomic mass is 10.1. The summed E-state index contributed by atoms with van der Waals surface area (Å²) >= 11 is 0. The van der Waals surface area contributed by atoms with Crippen molar-refractivity contribution in [1.29, 1.82) is 0 Å². The van der Waals surface area contributed by atoms with Gasteiger partial charge in [-0.25, -0.2) is 9.79 Å². The number of aliphatic imine (C=N–C) groups is 1. The van der Waals surface area contributed by atoms with Gasteiger partial charge in [-0.15, -0.1) is 0 Å². The summed E-state index contributed by atoms with van der Waals surface area (Å²) in [7, 11) is 1.72. The molecule has 0 unspecified atom stereocenters. The highest BCUT2D eigenvalue weighted by Gasteiger charge is 2.27. The van der Waals surface area contributed by atoms with E-state index in [-0.39, 0.29) is 11.9 Å². The summed E-state index contributed by atoms with van der Waals surface area (Å²) in [6.45, 7) is 3.52. The molecule has 5 N–H and O–H groups in total. The summed E-state index contributed by atoms with van der Waals surface area (Å²) in [6, 6.07) is 10.9. The number of carbonyl (C=O) groups is 1. The lowest BCUT2D eigenvalue weighted by molar-refractivity contribution is -0.140. The van der Waals surface area contributed by atoms with E-state index < -0.39 is 5.54 Å². The van der Waals surface area contributed by atoms with Crippen molar-refractivity contribution in [1.82, 2.24) is 5.32 Å². The van der Waals surface area contributed by atoms with Gasteiger partial charge in [0, 0.05) is 0 Å². The monoisotopic (exact) mass is 300 g/mol. The molecule has 6 heteroatoms. The maximum Gasteiger partial charge on any atom is 0.331 e. The third-order valence-corrected chi connectivity index (χ3v) is 3.40. The van der Waals surface area contributed by atoms with Gasteiger partial charge in [0.2, 0.25) is 0 Å². The Labute approximate surface area is 129 Å². The lowest BCUT2D eigenvalue weighted by Crippen LogP contribution is -2.47. The van der Waals surface area contributed by atoms with Gasteiger partial charge < -0.3 is 21.5 Å². The van der Waals surface area contributed by atoms with E-state index in [0.29, 0.717) is 11.4 Å². The van der Waals surface area contributed by atoms with E-state index in [0.717, 1.165) is 10.8 Å². The van der Waals surface area contributed by atoms with Gasteiger partial charge in [0.1, 0.15) is 11.3 Å². The first-order chi connectivity index (χ1) is 10.3. The van der Waals surface area contributed by atoms with E-state index in [9.17, 15) is 4.79 Å². The SMILES string of the molecule is CNC(C)(C)C(=O)Oc1ccc2cc(N=C(N)N)ccc2c1. The Bertz CT molecular complexity index is 734. The quantitative estimate of drug-likeness (QED) is 0.345. The molecule has 0 heterocycles. The molecule has 0 fully saturated rings. The van der Waals surface area contributed by atoms with E-state index in [1.807, 2.05) is 18.2 Å². The van der Waals surface area contributed by atoms with E-state index in [1.165, 1.54) is 0 Å². The van der Waals surface area contributed by atoms with Crippen LogP contribution in [0.15, 0.2) is 41.4 Å². The Morgan fingerprint density at radius 1 is 1.14 bits per heavy atom. The van der Waals surface area contributed by atoms with Crippen LogP contribution in [0.25, 0.3) is 10.8 Å². The summed E-state index contributed by atoms with van der Waals surface area (Å²) in [5, 5.41) is 4.80. The molecule has 0 atom stereocenters. The molecule has 0 aromatic heterocycles. The molecule has 0 aliphatic carbocycles. The fourth-order valence-corrected chi connectivity index (χ4v) is 1.83. The Kier molecular flexibility index (Phi) is 4.32. The molecule has 6 nitrogen and oxygen atoms in total. The number of ether oxygens (including phenoxy) is 1. The van der Waals surface area contributed by atoms with E-state index >= 15 is 0 Å². The van der Waals surface area contributed by atoms with Crippen LogP contribution in [0.1, 0.15) is 13.8 Å². The topological polar surface area (TPSA) is 103 Å². The third kappa shape index (κ3) is 3.53. The van der Waals surface area contributed by atoms with Gasteiger partial charge in [0.25, 0.3) is 0 Å². The van der Waals surface area contributed by atoms with Gasteiger partial charge in [-0.3, -0.25) is 0 Å². The van der Waals surface area contributed by atoms with Crippen LogP contribution < -0.4 is 21.5 Å². The normalized spacial score (nSPS) is 11.2. The average Bonchev–Trinajstić information content (AvgIpc) is 2.46. The number of benzene rings is 2. The molecule has 22 heavy (non-hydrogen) atoms. The first-order valence-corrected chi connectivity index (χ1v) is 6.86. The van der Waals surface area contributed by atoms with Gasteiger partial charge >= 0.3 is 5.97 Å². The number of carbonyl (C=O) groups excluding carboxylic acids is 1. The van der Waals surface area contributed by atoms with Gasteiger partial charge in [0.15, 0.2) is 5.96 Å². The summed E-state index contributed by atoms with van der Waals surface area (Å²) in [5.74, 6) is 0.168. The van der Waals surface area contributed by atoms with Gasteiger partial charge in [-0.2, -0.15) is 0 Å². The van der Waals surface area contributed by atoms with Crippen molar-refractivity contribution >= 4 is 28.4 Å². The molecule has 0 saturated carbocycles. The van der Waals surface area contributed by atoms with Crippen LogP contribution in [0.5, 0.6) is 5.75 Å². The molecular formula is C16H20N4O2. The Morgan fingerprint density at radius 2 is 1.77 bits per heavy atom.